The van der Waals surface area contributed by atoms with Crippen LogP contribution >= 0.6 is 11.8 Å². The molecule has 0 radical (unpaired) electrons. The normalized spacial score (nSPS) is 11.5. The van der Waals surface area contributed by atoms with Crippen molar-refractivity contribution in [2.75, 3.05) is 0 Å². The molecule has 0 spiro atoms. The summed E-state index contributed by atoms with van der Waals surface area (Å²) in [5, 5.41) is 18.4. The quantitative estimate of drug-likeness (QED) is 0.352. The first-order chi connectivity index (χ1) is 12.2. The zero-order valence-corrected chi connectivity index (χ0v) is 13.7. The van der Waals surface area contributed by atoms with Crippen molar-refractivity contribution in [3.8, 4) is 0 Å². The number of nitrogens with two attached hydrogens (primary N) is 2. The Kier molecular flexibility index (Phi) is 5.77. The molecule has 0 aliphatic carbocycles. The van der Waals surface area contributed by atoms with Crippen LogP contribution in [0.4, 0.5) is 18.9 Å². The van der Waals surface area contributed by atoms with Gasteiger partial charge in [0.05, 0.1) is 21.6 Å². The van der Waals surface area contributed by atoms with E-state index in [4.69, 9.17) is 11.5 Å². The van der Waals surface area contributed by atoms with E-state index in [2.05, 4.69) is 15.2 Å². The number of nitro benzene ring substituents is 1. The Labute approximate surface area is 149 Å². The third kappa shape index (κ3) is 5.17. The van der Waals surface area contributed by atoms with Crippen LogP contribution in [-0.2, 0) is 6.18 Å². The van der Waals surface area contributed by atoms with Crippen molar-refractivity contribution in [1.29, 1.82) is 0 Å². The number of nitrogens with zero attached hydrogens (tertiary/aromatic N) is 4. The van der Waals surface area contributed by atoms with Crippen molar-refractivity contribution in [2.24, 2.45) is 21.7 Å². The lowest BCUT2D eigenvalue weighted by Gasteiger charge is -2.07. The second-order valence-electron chi connectivity index (χ2n) is 4.74. The third-order valence-corrected chi connectivity index (χ3v) is 3.85. The Hall–Kier alpha value is -3.15. The zero-order valence-electron chi connectivity index (χ0n) is 12.8. The first-order valence-electron chi connectivity index (χ1n) is 6.78. The minimum Gasteiger partial charge on any atom is -0.369 e. The summed E-state index contributed by atoms with van der Waals surface area (Å²) in [4.78, 5) is 14.5. The standard InChI is InChI=1S/C14H11F3N6O2S/c15-14(16,17)9-2-4-12(20-7-9)26-11-3-1-8(5-10(11)23(24)25)6-21-22-13(18)19/h1-7H,(H4,18,19,22). The Balaban J connectivity index is 2.27. The van der Waals surface area contributed by atoms with Gasteiger partial charge in [-0.25, -0.2) is 4.98 Å². The van der Waals surface area contributed by atoms with Crippen molar-refractivity contribution < 1.29 is 18.1 Å². The van der Waals surface area contributed by atoms with Crippen LogP contribution in [0.2, 0.25) is 0 Å². The molecule has 12 heteroatoms. The van der Waals surface area contributed by atoms with Crippen molar-refractivity contribution in [2.45, 2.75) is 16.1 Å². The van der Waals surface area contributed by atoms with Crippen LogP contribution in [0.1, 0.15) is 11.1 Å². The first-order valence-corrected chi connectivity index (χ1v) is 7.60. The second kappa shape index (κ2) is 7.82. The van der Waals surface area contributed by atoms with E-state index in [1.807, 2.05) is 0 Å². The highest BCUT2D eigenvalue weighted by Crippen LogP contribution is 2.35. The van der Waals surface area contributed by atoms with Gasteiger partial charge in [-0.15, -0.1) is 5.10 Å². The molecule has 0 aliphatic rings. The molecule has 0 atom stereocenters. The van der Waals surface area contributed by atoms with E-state index in [0.29, 0.717) is 11.8 Å². The predicted molar refractivity (Wildman–Crippen MR) is 89.9 cm³/mol. The average molecular weight is 384 g/mol. The number of benzene rings is 1. The second-order valence-corrected chi connectivity index (χ2v) is 5.80. The highest BCUT2D eigenvalue weighted by atomic mass is 32.2. The third-order valence-electron chi connectivity index (χ3n) is 2.84. The number of nitro groups is 1. The van der Waals surface area contributed by atoms with Crippen LogP contribution in [0.25, 0.3) is 0 Å². The molecule has 1 heterocycles. The van der Waals surface area contributed by atoms with Crippen molar-refractivity contribution in [1.82, 2.24) is 4.98 Å². The molecule has 8 nitrogen and oxygen atoms in total. The fourth-order valence-electron chi connectivity index (χ4n) is 1.73. The summed E-state index contributed by atoms with van der Waals surface area (Å²) in [7, 11) is 0. The van der Waals surface area contributed by atoms with Gasteiger partial charge < -0.3 is 11.5 Å². The molecular weight excluding hydrogens is 373 g/mol. The molecule has 0 fully saturated rings. The SMILES string of the molecule is NC(N)=NN=Cc1ccc(Sc2ccc(C(F)(F)F)cn2)c([N+](=O)[O-])c1. The van der Waals surface area contributed by atoms with Gasteiger partial charge in [0.25, 0.3) is 5.69 Å². The Bertz CT molecular complexity index is 864. The van der Waals surface area contributed by atoms with Gasteiger partial charge in [-0.2, -0.15) is 18.3 Å². The summed E-state index contributed by atoms with van der Waals surface area (Å²) in [6, 6.07) is 6.19. The highest BCUT2D eigenvalue weighted by Gasteiger charge is 2.30. The van der Waals surface area contributed by atoms with Crippen LogP contribution in [0.3, 0.4) is 0 Å². The molecule has 2 rings (SSSR count). The molecule has 0 aliphatic heterocycles. The van der Waals surface area contributed by atoms with Gasteiger partial charge in [-0.05, 0) is 18.2 Å². The Morgan fingerprint density at radius 2 is 2.00 bits per heavy atom. The van der Waals surface area contributed by atoms with Crippen LogP contribution in [-0.4, -0.2) is 22.1 Å². The summed E-state index contributed by atoms with van der Waals surface area (Å²) in [6.07, 6.45) is -2.61. The molecule has 1 aromatic heterocycles. The summed E-state index contributed by atoms with van der Waals surface area (Å²) in [5.74, 6) is -0.267. The van der Waals surface area contributed by atoms with Crippen molar-refractivity contribution in [3.05, 3.63) is 57.8 Å². The molecule has 0 unspecified atom stereocenters. The highest BCUT2D eigenvalue weighted by molar-refractivity contribution is 7.99. The lowest BCUT2D eigenvalue weighted by Crippen LogP contribution is -2.21. The number of guanidine groups is 1. The fourth-order valence-corrected chi connectivity index (χ4v) is 2.57. The summed E-state index contributed by atoms with van der Waals surface area (Å²) >= 11 is 0.867. The lowest BCUT2D eigenvalue weighted by molar-refractivity contribution is -0.387. The van der Waals surface area contributed by atoms with E-state index in [1.54, 1.807) is 0 Å². The Morgan fingerprint density at radius 1 is 1.27 bits per heavy atom. The fraction of sp³-hybridized carbons (Fsp3) is 0.0714. The number of alkyl halides is 3. The van der Waals surface area contributed by atoms with E-state index >= 15 is 0 Å². The summed E-state index contributed by atoms with van der Waals surface area (Å²) < 4.78 is 37.6. The van der Waals surface area contributed by atoms with E-state index in [1.165, 1.54) is 24.4 Å². The number of hydrogen-bond donors (Lipinski definition) is 2. The molecule has 0 saturated heterocycles. The van der Waals surface area contributed by atoms with Gasteiger partial charge in [-0.1, -0.05) is 17.8 Å². The topological polar surface area (TPSA) is 133 Å². The molecular formula is C14H11F3N6O2S. The molecule has 136 valence electrons. The first kappa shape index (κ1) is 19.2. The van der Waals surface area contributed by atoms with Crippen LogP contribution in [0.15, 0.2) is 56.7 Å². The van der Waals surface area contributed by atoms with Gasteiger partial charge in [0.15, 0.2) is 0 Å². The largest absolute Gasteiger partial charge is 0.417 e. The number of hydrogen-bond acceptors (Lipinski definition) is 6. The maximum Gasteiger partial charge on any atom is 0.417 e. The maximum atomic E-state index is 12.5. The zero-order chi connectivity index (χ0) is 19.3. The molecule has 2 aromatic rings. The van der Waals surface area contributed by atoms with Crippen LogP contribution in [0, 0.1) is 10.1 Å². The van der Waals surface area contributed by atoms with Gasteiger partial charge in [0.1, 0.15) is 5.03 Å². The van der Waals surface area contributed by atoms with E-state index in [-0.39, 0.29) is 21.6 Å². The van der Waals surface area contributed by atoms with Gasteiger partial charge in [0, 0.05) is 17.8 Å². The van der Waals surface area contributed by atoms with Gasteiger partial charge in [0.2, 0.25) is 5.96 Å². The van der Waals surface area contributed by atoms with Crippen molar-refractivity contribution >= 4 is 29.6 Å². The molecule has 0 bridgehead atoms. The Morgan fingerprint density at radius 3 is 2.54 bits per heavy atom. The van der Waals surface area contributed by atoms with Gasteiger partial charge in [-0.3, -0.25) is 10.1 Å². The smallest absolute Gasteiger partial charge is 0.369 e. The molecule has 0 saturated carbocycles. The molecule has 26 heavy (non-hydrogen) atoms. The van der Waals surface area contributed by atoms with Crippen LogP contribution in [0.5, 0.6) is 0 Å². The van der Waals surface area contributed by atoms with Crippen LogP contribution < -0.4 is 11.5 Å². The number of pyridine rings is 1. The van der Waals surface area contributed by atoms with E-state index in [9.17, 15) is 23.3 Å². The molecule has 0 amide bonds. The minimum atomic E-state index is -4.50. The lowest BCUT2D eigenvalue weighted by atomic mass is 10.2. The predicted octanol–water partition coefficient (Wildman–Crippen LogP) is 2.77. The number of halogens is 3. The number of aromatic nitrogens is 1. The average Bonchev–Trinajstić information content (AvgIpc) is 2.55. The summed E-state index contributed by atoms with van der Waals surface area (Å²) in [6.45, 7) is 0. The van der Waals surface area contributed by atoms with E-state index < -0.39 is 16.7 Å². The van der Waals surface area contributed by atoms with Gasteiger partial charge >= 0.3 is 6.18 Å². The van der Waals surface area contributed by atoms with E-state index in [0.717, 1.165) is 23.9 Å². The number of rotatable bonds is 5. The maximum absolute atomic E-state index is 12.5. The van der Waals surface area contributed by atoms with Crippen molar-refractivity contribution in [3.63, 3.8) is 0 Å². The summed E-state index contributed by atoms with van der Waals surface area (Å²) in [5.41, 5.74) is 9.42. The monoisotopic (exact) mass is 384 g/mol. The molecule has 4 N–H and O–H groups in total. The minimum absolute atomic E-state index is 0.183. The molecule has 1 aromatic carbocycles.